The summed E-state index contributed by atoms with van der Waals surface area (Å²) in [5.41, 5.74) is 0.898. The van der Waals surface area contributed by atoms with Gasteiger partial charge in [0.15, 0.2) is 5.78 Å². The molecule has 0 aliphatic heterocycles. The second kappa shape index (κ2) is 4.54. The quantitative estimate of drug-likeness (QED) is 0.544. The number of ether oxygens (including phenoxy) is 1. The first kappa shape index (κ1) is 11.2. The van der Waals surface area contributed by atoms with Crippen LogP contribution in [0.15, 0.2) is 12.3 Å². The molecule has 0 aliphatic carbocycles. The maximum Gasteiger partial charge on any atom is 0.341 e. The molecule has 1 rings (SSSR count). The molecule has 0 unspecified atom stereocenters. The lowest BCUT2D eigenvalue weighted by molar-refractivity contribution is -0.112. The van der Waals surface area contributed by atoms with Gasteiger partial charge in [-0.15, -0.1) is 0 Å². The predicted octanol–water partition coefficient (Wildman–Crippen LogP) is 0.809. The third-order valence-corrected chi connectivity index (χ3v) is 1.87. The summed E-state index contributed by atoms with van der Waals surface area (Å²) in [5.74, 6) is -0.557. The number of allylic oxidation sites excluding steroid dienone is 1. The van der Waals surface area contributed by atoms with Crippen molar-refractivity contribution in [2.45, 2.75) is 6.92 Å². The molecule has 0 amide bonds. The summed E-state index contributed by atoms with van der Waals surface area (Å²) >= 11 is 0. The van der Waals surface area contributed by atoms with Crippen molar-refractivity contribution in [2.75, 3.05) is 7.11 Å². The fraction of sp³-hybridized carbons (Fsp3) is 0.300. The Labute approximate surface area is 87.3 Å². The Morgan fingerprint density at radius 3 is 2.73 bits per heavy atom. The van der Waals surface area contributed by atoms with Crippen LogP contribution in [0, 0.1) is 0 Å². The molecule has 1 aromatic heterocycles. The molecule has 0 saturated heterocycles. The van der Waals surface area contributed by atoms with E-state index in [4.69, 9.17) is 0 Å². The minimum absolute atomic E-state index is 0.0907. The van der Waals surface area contributed by atoms with Crippen molar-refractivity contribution in [2.24, 2.45) is 7.05 Å². The first-order valence-electron chi connectivity index (χ1n) is 4.35. The fourth-order valence-electron chi connectivity index (χ4n) is 1.11. The number of methoxy groups -OCH3 is 1. The molecule has 1 heterocycles. The van der Waals surface area contributed by atoms with Crippen molar-refractivity contribution in [3.05, 3.63) is 23.5 Å². The van der Waals surface area contributed by atoms with Crippen molar-refractivity contribution >= 4 is 17.8 Å². The summed E-state index contributed by atoms with van der Waals surface area (Å²) in [6, 6.07) is 0. The van der Waals surface area contributed by atoms with Crippen molar-refractivity contribution in [3.63, 3.8) is 0 Å². The average molecular weight is 208 g/mol. The van der Waals surface area contributed by atoms with Crippen LogP contribution >= 0.6 is 0 Å². The molecular weight excluding hydrogens is 196 g/mol. The smallest absolute Gasteiger partial charge is 0.341 e. The Kier molecular flexibility index (Phi) is 3.38. The van der Waals surface area contributed by atoms with Crippen LogP contribution in [0.5, 0.6) is 0 Å². The van der Waals surface area contributed by atoms with Gasteiger partial charge in [0.05, 0.1) is 19.0 Å². The van der Waals surface area contributed by atoms with Crippen LogP contribution in [0.1, 0.15) is 23.0 Å². The van der Waals surface area contributed by atoms with E-state index in [2.05, 4.69) is 9.84 Å². The number of carbonyl (C=O) groups excluding carboxylic acids is 2. The third-order valence-electron chi connectivity index (χ3n) is 1.87. The summed E-state index contributed by atoms with van der Waals surface area (Å²) in [5, 5.41) is 3.92. The number of carbonyl (C=O) groups is 2. The van der Waals surface area contributed by atoms with Crippen molar-refractivity contribution in [1.29, 1.82) is 0 Å². The van der Waals surface area contributed by atoms with Crippen LogP contribution in [-0.2, 0) is 16.6 Å². The van der Waals surface area contributed by atoms with Crippen molar-refractivity contribution in [3.8, 4) is 0 Å². The van der Waals surface area contributed by atoms with Gasteiger partial charge in [0, 0.05) is 7.05 Å². The molecule has 0 atom stereocenters. The second-order valence-electron chi connectivity index (χ2n) is 3.00. The van der Waals surface area contributed by atoms with Gasteiger partial charge in [0.2, 0.25) is 0 Å². The monoisotopic (exact) mass is 208 g/mol. The number of nitrogens with zero attached hydrogens (tertiary/aromatic N) is 2. The maximum absolute atomic E-state index is 11.3. The van der Waals surface area contributed by atoms with E-state index < -0.39 is 5.97 Å². The lowest BCUT2D eigenvalue weighted by Gasteiger charge is -1.98. The molecule has 0 radical (unpaired) electrons. The number of esters is 1. The molecule has 80 valence electrons. The number of aryl methyl sites for hydroxylation is 1. The van der Waals surface area contributed by atoms with Crippen LogP contribution in [0.2, 0.25) is 0 Å². The van der Waals surface area contributed by atoms with Gasteiger partial charge in [0.1, 0.15) is 5.56 Å². The Morgan fingerprint density at radius 2 is 2.20 bits per heavy atom. The zero-order valence-electron chi connectivity index (χ0n) is 8.85. The number of aromatic nitrogens is 2. The van der Waals surface area contributed by atoms with Gasteiger partial charge in [-0.2, -0.15) is 5.10 Å². The highest BCUT2D eigenvalue weighted by molar-refractivity contribution is 5.96. The SMILES string of the molecule is COC(=O)c1cnn(C)c1/C=C/C(C)=O. The Bertz CT molecular complexity index is 418. The van der Waals surface area contributed by atoms with Crippen LogP contribution in [-0.4, -0.2) is 28.6 Å². The number of rotatable bonds is 3. The van der Waals surface area contributed by atoms with Gasteiger partial charge in [0.25, 0.3) is 0 Å². The summed E-state index contributed by atoms with van der Waals surface area (Å²) < 4.78 is 6.09. The Balaban J connectivity index is 3.10. The van der Waals surface area contributed by atoms with Gasteiger partial charge in [-0.3, -0.25) is 9.48 Å². The van der Waals surface area contributed by atoms with Crippen LogP contribution in [0.3, 0.4) is 0 Å². The van der Waals surface area contributed by atoms with E-state index in [-0.39, 0.29) is 5.78 Å². The Hall–Kier alpha value is -1.91. The molecule has 0 bridgehead atoms. The molecule has 0 aliphatic rings. The molecule has 0 N–H and O–H groups in total. The minimum Gasteiger partial charge on any atom is -0.465 e. The summed E-state index contributed by atoms with van der Waals surface area (Å²) in [7, 11) is 2.99. The number of ketones is 1. The van der Waals surface area contributed by atoms with Gasteiger partial charge < -0.3 is 4.74 Å². The van der Waals surface area contributed by atoms with E-state index in [1.807, 2.05) is 0 Å². The molecule has 0 fully saturated rings. The molecule has 0 aromatic carbocycles. The summed E-state index contributed by atoms with van der Waals surface area (Å²) in [4.78, 5) is 22.1. The first-order chi connectivity index (χ1) is 7.06. The van der Waals surface area contributed by atoms with E-state index in [0.717, 1.165) is 0 Å². The van der Waals surface area contributed by atoms with Gasteiger partial charge in [-0.1, -0.05) is 0 Å². The molecule has 0 spiro atoms. The first-order valence-corrected chi connectivity index (χ1v) is 4.35. The molecule has 0 saturated carbocycles. The minimum atomic E-state index is -0.466. The molecule has 5 nitrogen and oxygen atoms in total. The standard InChI is InChI=1S/C10H12N2O3/c1-7(13)4-5-9-8(10(14)15-3)6-11-12(9)2/h4-6H,1-3H3/b5-4+. The summed E-state index contributed by atoms with van der Waals surface area (Å²) in [6.45, 7) is 1.44. The average Bonchev–Trinajstić information content (AvgIpc) is 2.55. The molecule has 15 heavy (non-hydrogen) atoms. The number of hydrogen-bond acceptors (Lipinski definition) is 4. The molecular formula is C10H12N2O3. The third kappa shape index (κ3) is 2.52. The van der Waals surface area contributed by atoms with E-state index in [1.165, 1.54) is 31.0 Å². The van der Waals surface area contributed by atoms with Crippen molar-refractivity contribution in [1.82, 2.24) is 9.78 Å². The maximum atomic E-state index is 11.3. The highest BCUT2D eigenvalue weighted by atomic mass is 16.5. The van der Waals surface area contributed by atoms with E-state index >= 15 is 0 Å². The fourth-order valence-corrected chi connectivity index (χ4v) is 1.11. The Morgan fingerprint density at radius 1 is 1.53 bits per heavy atom. The van der Waals surface area contributed by atoms with Crippen LogP contribution in [0.4, 0.5) is 0 Å². The molecule has 5 heteroatoms. The van der Waals surface area contributed by atoms with Gasteiger partial charge in [-0.05, 0) is 19.1 Å². The highest BCUT2D eigenvalue weighted by Gasteiger charge is 2.14. The lowest BCUT2D eigenvalue weighted by Crippen LogP contribution is -2.03. The highest BCUT2D eigenvalue weighted by Crippen LogP contribution is 2.10. The van der Waals surface area contributed by atoms with E-state index in [9.17, 15) is 9.59 Å². The van der Waals surface area contributed by atoms with Crippen molar-refractivity contribution < 1.29 is 14.3 Å². The topological polar surface area (TPSA) is 61.2 Å². The lowest BCUT2D eigenvalue weighted by atomic mass is 10.2. The second-order valence-corrected chi connectivity index (χ2v) is 3.00. The van der Waals surface area contributed by atoms with E-state index in [0.29, 0.717) is 11.3 Å². The van der Waals surface area contributed by atoms with Gasteiger partial charge >= 0.3 is 5.97 Å². The molecule has 1 aromatic rings. The van der Waals surface area contributed by atoms with Gasteiger partial charge in [-0.25, -0.2) is 4.79 Å². The normalized spacial score (nSPS) is 10.6. The predicted molar refractivity (Wildman–Crippen MR) is 54.3 cm³/mol. The van der Waals surface area contributed by atoms with E-state index in [1.54, 1.807) is 13.1 Å². The number of hydrogen-bond donors (Lipinski definition) is 0. The van der Waals surface area contributed by atoms with Crippen LogP contribution < -0.4 is 0 Å². The largest absolute Gasteiger partial charge is 0.465 e. The zero-order valence-corrected chi connectivity index (χ0v) is 8.85. The zero-order chi connectivity index (χ0) is 11.4. The van der Waals surface area contributed by atoms with Crippen LogP contribution in [0.25, 0.3) is 6.08 Å². The summed E-state index contributed by atoms with van der Waals surface area (Å²) in [6.07, 6.45) is 4.33.